The Morgan fingerprint density at radius 1 is 0.737 bits per heavy atom. The van der Waals surface area contributed by atoms with Gasteiger partial charge in [0.25, 0.3) is 5.91 Å². The van der Waals surface area contributed by atoms with Crippen molar-refractivity contribution in [2.75, 3.05) is 19.8 Å². The van der Waals surface area contributed by atoms with Gasteiger partial charge in [-0.05, 0) is 62.8 Å². The van der Waals surface area contributed by atoms with E-state index >= 15 is 0 Å². The zero-order valence-corrected chi connectivity index (χ0v) is 30.7. The number of carbonyl (C=O) groups excluding carboxylic acids is 2. The van der Waals surface area contributed by atoms with Crippen LogP contribution in [0, 0.1) is 11.8 Å². The monoisotopic (exact) mass is 851 g/mol. The molecule has 2 fully saturated rings. The number of carbonyl (C=O) groups is 2. The third-order valence-corrected chi connectivity index (χ3v) is 9.23. The summed E-state index contributed by atoms with van der Waals surface area (Å²) >= 11 is 12.1. The number of hydrogen-bond acceptors (Lipinski definition) is 9. The number of aromatic nitrogens is 4. The number of esters is 1. The molecule has 2 aromatic carbocycles. The number of rotatable bonds is 13. The first-order valence-electron chi connectivity index (χ1n) is 17.0. The smallest absolute Gasteiger partial charge is 0.435 e. The van der Waals surface area contributed by atoms with Crippen LogP contribution in [0.1, 0.15) is 65.0 Å². The fourth-order valence-electron chi connectivity index (χ4n) is 5.57. The molecule has 1 unspecified atom stereocenters. The van der Waals surface area contributed by atoms with Gasteiger partial charge in [-0.25, -0.2) is 24.7 Å². The molecule has 0 bridgehead atoms. The lowest BCUT2D eigenvalue weighted by molar-refractivity contribution is -0.155. The van der Waals surface area contributed by atoms with Crippen molar-refractivity contribution in [1.29, 1.82) is 0 Å². The molecule has 2 saturated carbocycles. The Labute approximate surface area is 327 Å². The number of halogens is 11. The predicted octanol–water partition coefficient (Wildman–Crippen LogP) is 9.43. The molecular formula is C36H28Cl2F9N5O5. The molecule has 2 aliphatic carbocycles. The van der Waals surface area contributed by atoms with Crippen molar-refractivity contribution in [1.82, 2.24) is 25.3 Å². The Kier molecular flexibility index (Phi) is 11.6. The Balaban J connectivity index is 1.33. The highest BCUT2D eigenvalue weighted by Crippen LogP contribution is 2.44. The van der Waals surface area contributed by atoms with Gasteiger partial charge in [-0.3, -0.25) is 4.79 Å². The number of benzene rings is 2. The van der Waals surface area contributed by atoms with E-state index in [0.29, 0.717) is 12.8 Å². The molecule has 304 valence electrons. The lowest BCUT2D eigenvalue weighted by atomic mass is 9.99. The molecule has 0 radical (unpaired) electrons. The summed E-state index contributed by atoms with van der Waals surface area (Å²) in [5, 5.41) is 2.36. The zero-order valence-electron chi connectivity index (χ0n) is 29.2. The van der Waals surface area contributed by atoms with Crippen molar-refractivity contribution in [3.8, 4) is 34.3 Å². The van der Waals surface area contributed by atoms with Gasteiger partial charge in [0.05, 0.1) is 13.2 Å². The maximum absolute atomic E-state index is 14.5. The van der Waals surface area contributed by atoms with Crippen molar-refractivity contribution in [3.63, 3.8) is 0 Å². The molecule has 0 aliphatic heterocycles. The highest BCUT2D eigenvalue weighted by Gasteiger charge is 2.48. The van der Waals surface area contributed by atoms with E-state index in [1.54, 1.807) is 0 Å². The SMILES string of the molecule is CC(CNC(=O)c1nc(-c2cccc(Cl)c2)c(OCC(F)(F)F)nc1C(F)(F)F)(OC(=O)c1nc(-c2cccc(Cl)c2)c(OCC2CC2)nc1C(F)(F)F)C1CC1. The van der Waals surface area contributed by atoms with Crippen molar-refractivity contribution in [2.45, 2.75) is 56.7 Å². The van der Waals surface area contributed by atoms with Crippen LogP contribution in [0.3, 0.4) is 0 Å². The first kappa shape index (κ1) is 41.7. The van der Waals surface area contributed by atoms with Crippen LogP contribution in [0.2, 0.25) is 10.0 Å². The second-order valence-corrected chi connectivity index (χ2v) is 14.4. The van der Waals surface area contributed by atoms with Gasteiger partial charge >= 0.3 is 24.5 Å². The molecule has 4 aromatic rings. The van der Waals surface area contributed by atoms with E-state index < -0.39 is 95.3 Å². The van der Waals surface area contributed by atoms with E-state index in [-0.39, 0.29) is 39.4 Å². The molecule has 57 heavy (non-hydrogen) atoms. The summed E-state index contributed by atoms with van der Waals surface area (Å²) in [4.78, 5) is 41.8. The second-order valence-electron chi connectivity index (χ2n) is 13.5. The number of nitrogens with one attached hydrogen (secondary N) is 1. The van der Waals surface area contributed by atoms with Crippen molar-refractivity contribution < 1.29 is 63.3 Å². The van der Waals surface area contributed by atoms with Crippen LogP contribution in [0.15, 0.2) is 48.5 Å². The number of ether oxygens (including phenoxy) is 3. The summed E-state index contributed by atoms with van der Waals surface area (Å²) in [6.07, 6.45) is -13.4. The summed E-state index contributed by atoms with van der Waals surface area (Å²) in [6.45, 7) is -1.54. The van der Waals surface area contributed by atoms with E-state index in [9.17, 15) is 49.1 Å². The molecule has 10 nitrogen and oxygen atoms in total. The van der Waals surface area contributed by atoms with Crippen LogP contribution < -0.4 is 14.8 Å². The van der Waals surface area contributed by atoms with Gasteiger partial charge in [0.2, 0.25) is 11.8 Å². The van der Waals surface area contributed by atoms with Crippen LogP contribution in [-0.4, -0.2) is 63.3 Å². The number of amides is 1. The van der Waals surface area contributed by atoms with Crippen LogP contribution in [0.4, 0.5) is 39.5 Å². The summed E-state index contributed by atoms with van der Waals surface area (Å²) in [7, 11) is 0. The third kappa shape index (κ3) is 10.3. The van der Waals surface area contributed by atoms with Crippen molar-refractivity contribution >= 4 is 35.1 Å². The van der Waals surface area contributed by atoms with Gasteiger partial charge in [0.15, 0.2) is 29.4 Å². The Bertz CT molecular complexity index is 2180. The van der Waals surface area contributed by atoms with Crippen LogP contribution >= 0.6 is 23.2 Å². The second kappa shape index (κ2) is 15.8. The molecule has 2 aliphatic rings. The van der Waals surface area contributed by atoms with Gasteiger partial charge in [0, 0.05) is 27.1 Å². The normalized spacial score (nSPS) is 15.8. The largest absolute Gasteiger partial charge is 0.476 e. The zero-order chi connectivity index (χ0) is 41.5. The van der Waals surface area contributed by atoms with Crippen LogP contribution in [0.5, 0.6) is 11.8 Å². The summed E-state index contributed by atoms with van der Waals surface area (Å²) in [6, 6.07) is 10.8. The van der Waals surface area contributed by atoms with Crippen molar-refractivity contribution in [3.05, 3.63) is 81.4 Å². The molecular weight excluding hydrogens is 824 g/mol. The Hall–Kier alpha value is -4.91. The quantitative estimate of drug-likeness (QED) is 0.103. The highest BCUT2D eigenvalue weighted by molar-refractivity contribution is 6.31. The highest BCUT2D eigenvalue weighted by atomic mass is 35.5. The summed E-state index contributed by atoms with van der Waals surface area (Å²) in [5.41, 5.74) is -9.21. The Morgan fingerprint density at radius 3 is 1.72 bits per heavy atom. The third-order valence-electron chi connectivity index (χ3n) is 8.76. The van der Waals surface area contributed by atoms with E-state index in [4.69, 9.17) is 32.7 Å². The fraction of sp³-hybridized carbons (Fsp3) is 0.389. The fourth-order valence-corrected chi connectivity index (χ4v) is 5.95. The molecule has 1 N–H and O–H groups in total. The summed E-state index contributed by atoms with van der Waals surface area (Å²) < 4.78 is 141. The number of alkyl halides is 9. The maximum Gasteiger partial charge on any atom is 0.435 e. The predicted molar refractivity (Wildman–Crippen MR) is 184 cm³/mol. The molecule has 2 aromatic heterocycles. The van der Waals surface area contributed by atoms with Crippen LogP contribution in [0.25, 0.3) is 22.5 Å². The average Bonchev–Trinajstić information content (AvgIpc) is 4.05. The molecule has 2 heterocycles. The van der Waals surface area contributed by atoms with E-state index in [1.165, 1.54) is 49.4 Å². The molecule has 1 atom stereocenters. The van der Waals surface area contributed by atoms with E-state index in [2.05, 4.69) is 30.0 Å². The first-order chi connectivity index (χ1) is 26.6. The lowest BCUT2D eigenvalue weighted by Gasteiger charge is -2.30. The van der Waals surface area contributed by atoms with Gasteiger partial charge in [-0.1, -0.05) is 47.5 Å². The van der Waals surface area contributed by atoms with Crippen molar-refractivity contribution in [2.24, 2.45) is 11.8 Å². The number of hydrogen-bond donors (Lipinski definition) is 1. The molecule has 6 rings (SSSR count). The Morgan fingerprint density at radius 2 is 1.25 bits per heavy atom. The van der Waals surface area contributed by atoms with E-state index in [1.807, 2.05) is 0 Å². The minimum absolute atomic E-state index is 0.00229. The van der Waals surface area contributed by atoms with Gasteiger partial charge in [0.1, 0.15) is 17.0 Å². The first-order valence-corrected chi connectivity index (χ1v) is 17.7. The lowest BCUT2D eigenvalue weighted by Crippen LogP contribution is -2.46. The maximum atomic E-state index is 14.5. The molecule has 0 saturated heterocycles. The molecule has 0 spiro atoms. The van der Waals surface area contributed by atoms with Gasteiger partial charge in [-0.15, -0.1) is 0 Å². The van der Waals surface area contributed by atoms with Gasteiger partial charge < -0.3 is 19.5 Å². The standard InChI is InChI=1S/C36H28Cl2F9N5O5/c1-33(20-10-11-20,57-32(54)26-28(36(45,46)47)52-30(55-14-17-8-9-17)23(50-26)18-4-2-6-21(37)12-18)15-48-29(53)25-27(35(42,43)44)51-31(56-16-34(39,40)41)24(49-25)19-5-3-7-22(38)13-19/h2-7,12-13,17,20H,8-11,14-16H2,1H3,(H,48,53). The molecule has 21 heteroatoms. The van der Waals surface area contributed by atoms with E-state index in [0.717, 1.165) is 18.9 Å². The topological polar surface area (TPSA) is 125 Å². The summed E-state index contributed by atoms with van der Waals surface area (Å²) in [5.74, 6) is -5.42. The van der Waals surface area contributed by atoms with Crippen LogP contribution in [-0.2, 0) is 17.1 Å². The van der Waals surface area contributed by atoms with Gasteiger partial charge in [-0.2, -0.15) is 39.5 Å². The molecule has 1 amide bonds. The minimum atomic E-state index is -5.46. The minimum Gasteiger partial charge on any atom is -0.476 e. The number of nitrogens with zero attached hydrogens (tertiary/aromatic N) is 4. The average molecular weight is 853 g/mol.